The van der Waals surface area contributed by atoms with Gasteiger partial charge in [0.25, 0.3) is 0 Å². The average molecular weight is 342 g/mol. The van der Waals surface area contributed by atoms with Crippen LogP contribution >= 0.6 is 27.5 Å². The van der Waals surface area contributed by atoms with Crippen molar-refractivity contribution in [2.75, 3.05) is 0 Å². The van der Waals surface area contributed by atoms with E-state index >= 15 is 0 Å². The van der Waals surface area contributed by atoms with Crippen molar-refractivity contribution in [2.45, 2.75) is 38.6 Å². The summed E-state index contributed by atoms with van der Waals surface area (Å²) in [6.45, 7) is 5.36. The summed E-state index contributed by atoms with van der Waals surface area (Å²) in [5.41, 5.74) is 2.22. The van der Waals surface area contributed by atoms with Crippen molar-refractivity contribution in [2.24, 2.45) is 11.8 Å². The van der Waals surface area contributed by atoms with E-state index in [1.165, 1.54) is 18.4 Å². The second-order valence-electron chi connectivity index (χ2n) is 5.64. The van der Waals surface area contributed by atoms with Crippen LogP contribution in [-0.2, 0) is 6.54 Å². The Hall–Kier alpha value is -0.540. The molecule has 1 saturated carbocycles. The lowest BCUT2D eigenvalue weighted by atomic mass is 10.1. The topological polar surface area (TPSA) is 17.8 Å². The summed E-state index contributed by atoms with van der Waals surface area (Å²) in [7, 11) is 0. The van der Waals surface area contributed by atoms with Crippen molar-refractivity contribution < 1.29 is 0 Å². The van der Waals surface area contributed by atoms with Gasteiger partial charge in [0.15, 0.2) is 0 Å². The molecule has 0 amide bonds. The maximum Gasteiger partial charge on any atom is 0.127 e. The second kappa shape index (κ2) is 5.10. The summed E-state index contributed by atoms with van der Waals surface area (Å²) in [6, 6.07) is 6.27. The van der Waals surface area contributed by atoms with Gasteiger partial charge in [-0.15, -0.1) is 11.6 Å². The summed E-state index contributed by atoms with van der Waals surface area (Å²) in [4.78, 5) is 4.71. The average Bonchev–Trinajstić information content (AvgIpc) is 3.13. The molecule has 19 heavy (non-hydrogen) atoms. The van der Waals surface area contributed by atoms with Gasteiger partial charge in [0, 0.05) is 11.0 Å². The van der Waals surface area contributed by atoms with Gasteiger partial charge in [-0.3, -0.25) is 0 Å². The zero-order valence-corrected chi connectivity index (χ0v) is 13.6. The van der Waals surface area contributed by atoms with Crippen molar-refractivity contribution in [1.29, 1.82) is 0 Å². The molecule has 1 heterocycles. The number of fused-ring (bicyclic) bond motifs is 1. The molecule has 102 valence electrons. The summed E-state index contributed by atoms with van der Waals surface area (Å²) in [6.07, 6.45) is 2.76. The second-order valence-corrected chi connectivity index (χ2v) is 7.21. The van der Waals surface area contributed by atoms with Crippen molar-refractivity contribution in [3.63, 3.8) is 0 Å². The maximum absolute atomic E-state index is 6.30. The quantitative estimate of drug-likeness (QED) is 0.704. The maximum atomic E-state index is 6.30. The first kappa shape index (κ1) is 13.4. The molecule has 0 bridgehead atoms. The van der Waals surface area contributed by atoms with Crippen molar-refractivity contribution in [3.8, 4) is 0 Å². The third-order valence-corrected chi connectivity index (χ3v) is 4.68. The molecule has 1 aromatic carbocycles. The lowest BCUT2D eigenvalue weighted by molar-refractivity contribution is 0.428. The zero-order chi connectivity index (χ0) is 13.6. The van der Waals surface area contributed by atoms with Crippen molar-refractivity contribution >= 4 is 38.6 Å². The predicted molar refractivity (Wildman–Crippen MR) is 83.6 cm³/mol. The van der Waals surface area contributed by atoms with E-state index in [0.717, 1.165) is 28.3 Å². The minimum Gasteiger partial charge on any atom is -0.326 e. The molecule has 2 unspecified atom stereocenters. The number of aromatic nitrogens is 2. The van der Waals surface area contributed by atoms with Gasteiger partial charge in [0.2, 0.25) is 0 Å². The zero-order valence-electron chi connectivity index (χ0n) is 11.2. The van der Waals surface area contributed by atoms with E-state index in [9.17, 15) is 0 Å². The summed E-state index contributed by atoms with van der Waals surface area (Å²) in [5, 5.41) is -0.0578. The number of hydrogen-bond donors (Lipinski definition) is 0. The normalized spacial score (nSPS) is 18.7. The molecule has 1 fully saturated rings. The van der Waals surface area contributed by atoms with E-state index in [-0.39, 0.29) is 5.38 Å². The Morgan fingerprint density at radius 1 is 1.42 bits per heavy atom. The molecule has 0 N–H and O–H groups in total. The fraction of sp³-hybridized carbons (Fsp3) is 0.533. The minimum absolute atomic E-state index is 0.0578. The van der Waals surface area contributed by atoms with Crippen LogP contribution in [0.15, 0.2) is 22.7 Å². The lowest BCUT2D eigenvalue weighted by Crippen LogP contribution is -2.12. The van der Waals surface area contributed by atoms with E-state index < -0.39 is 0 Å². The number of rotatable bonds is 4. The number of nitrogens with zero attached hydrogens (tertiary/aromatic N) is 2. The van der Waals surface area contributed by atoms with E-state index in [4.69, 9.17) is 16.6 Å². The minimum atomic E-state index is -0.0578. The van der Waals surface area contributed by atoms with Gasteiger partial charge in [0.1, 0.15) is 5.82 Å². The fourth-order valence-electron chi connectivity index (χ4n) is 2.72. The lowest BCUT2D eigenvalue weighted by Gasteiger charge is -2.15. The van der Waals surface area contributed by atoms with Gasteiger partial charge in [-0.05, 0) is 49.8 Å². The van der Waals surface area contributed by atoms with E-state index in [2.05, 4.69) is 45.6 Å². The number of benzene rings is 1. The molecule has 0 saturated heterocycles. The molecule has 0 aliphatic heterocycles. The molecule has 2 aromatic rings. The first-order valence-corrected chi connectivity index (χ1v) is 8.09. The van der Waals surface area contributed by atoms with Crippen LogP contribution in [0.3, 0.4) is 0 Å². The molecule has 1 aliphatic carbocycles. The van der Waals surface area contributed by atoms with Crippen LogP contribution in [-0.4, -0.2) is 9.55 Å². The standard InChI is InChI=1S/C15H18BrClN2/c1-9(11-3-4-11)8-19-14-6-5-12(16)7-13(14)18-15(19)10(2)17/h5-7,9-11H,3-4,8H2,1-2H3. The number of hydrogen-bond acceptors (Lipinski definition) is 1. The highest BCUT2D eigenvalue weighted by Gasteiger charge is 2.29. The molecular weight excluding hydrogens is 324 g/mol. The molecular formula is C15H18BrClN2. The fourth-order valence-corrected chi connectivity index (χ4v) is 3.24. The Morgan fingerprint density at radius 3 is 2.79 bits per heavy atom. The summed E-state index contributed by atoms with van der Waals surface area (Å²) in [5.74, 6) is 2.59. The van der Waals surface area contributed by atoms with Gasteiger partial charge in [-0.25, -0.2) is 4.98 Å². The molecule has 2 nitrogen and oxygen atoms in total. The Bertz CT molecular complexity index is 601. The summed E-state index contributed by atoms with van der Waals surface area (Å²) >= 11 is 9.81. The highest BCUT2D eigenvalue weighted by atomic mass is 79.9. The summed E-state index contributed by atoms with van der Waals surface area (Å²) < 4.78 is 3.37. The Labute approximate surface area is 127 Å². The molecule has 4 heteroatoms. The van der Waals surface area contributed by atoms with Crippen LogP contribution in [0.2, 0.25) is 0 Å². The Morgan fingerprint density at radius 2 is 2.16 bits per heavy atom. The van der Waals surface area contributed by atoms with E-state index in [0.29, 0.717) is 5.92 Å². The number of alkyl halides is 1. The molecule has 2 atom stereocenters. The highest BCUT2D eigenvalue weighted by molar-refractivity contribution is 9.10. The molecule has 1 aliphatic rings. The molecule has 0 spiro atoms. The SMILES string of the molecule is CC(Cl)c1nc2cc(Br)ccc2n1CC(C)C1CC1. The molecule has 1 aromatic heterocycles. The van der Waals surface area contributed by atoms with Crippen molar-refractivity contribution in [1.82, 2.24) is 9.55 Å². The molecule has 3 rings (SSSR count). The Kier molecular flexibility index (Phi) is 3.61. The first-order valence-electron chi connectivity index (χ1n) is 6.86. The van der Waals surface area contributed by atoms with Crippen LogP contribution < -0.4 is 0 Å². The van der Waals surface area contributed by atoms with Crippen LogP contribution in [0.5, 0.6) is 0 Å². The van der Waals surface area contributed by atoms with Gasteiger partial charge in [0.05, 0.1) is 16.4 Å². The smallest absolute Gasteiger partial charge is 0.127 e. The van der Waals surface area contributed by atoms with E-state index in [1.807, 2.05) is 6.92 Å². The monoisotopic (exact) mass is 340 g/mol. The van der Waals surface area contributed by atoms with Gasteiger partial charge >= 0.3 is 0 Å². The van der Waals surface area contributed by atoms with Crippen LogP contribution in [0.4, 0.5) is 0 Å². The van der Waals surface area contributed by atoms with Crippen molar-refractivity contribution in [3.05, 3.63) is 28.5 Å². The van der Waals surface area contributed by atoms with E-state index in [1.54, 1.807) is 0 Å². The first-order chi connectivity index (χ1) is 9.06. The molecule has 0 radical (unpaired) electrons. The largest absolute Gasteiger partial charge is 0.326 e. The van der Waals surface area contributed by atoms with Crippen LogP contribution in [0, 0.1) is 11.8 Å². The highest BCUT2D eigenvalue weighted by Crippen LogP contribution is 2.38. The van der Waals surface area contributed by atoms with Gasteiger partial charge in [-0.2, -0.15) is 0 Å². The van der Waals surface area contributed by atoms with Crippen LogP contribution in [0.1, 0.15) is 37.9 Å². The van der Waals surface area contributed by atoms with Gasteiger partial charge in [-0.1, -0.05) is 22.9 Å². The third kappa shape index (κ3) is 2.68. The van der Waals surface area contributed by atoms with Gasteiger partial charge < -0.3 is 4.57 Å². The number of imidazole rings is 1. The third-order valence-electron chi connectivity index (χ3n) is 3.99. The van der Waals surface area contributed by atoms with Crippen LogP contribution in [0.25, 0.3) is 11.0 Å². The number of halogens is 2. The predicted octanol–water partition coefficient (Wildman–Crippen LogP) is 5.14. The Balaban J connectivity index is 2.05.